The van der Waals surface area contributed by atoms with Gasteiger partial charge in [-0.25, -0.2) is 4.79 Å². The van der Waals surface area contributed by atoms with Crippen LogP contribution in [0.2, 0.25) is 0 Å². The highest BCUT2D eigenvalue weighted by molar-refractivity contribution is 5.90. The number of nitrogens with one attached hydrogen (secondary N) is 3. The van der Waals surface area contributed by atoms with Crippen molar-refractivity contribution >= 4 is 29.6 Å². The summed E-state index contributed by atoms with van der Waals surface area (Å²) in [5, 5.41) is 18.5. The molecule has 4 N–H and O–H groups in total. The number of rotatable bonds is 25. The lowest BCUT2D eigenvalue weighted by Gasteiger charge is -2.40. The van der Waals surface area contributed by atoms with Crippen molar-refractivity contribution in [1.29, 1.82) is 0 Å². The lowest BCUT2D eigenvalue weighted by molar-refractivity contribution is -0.144. The van der Waals surface area contributed by atoms with Crippen LogP contribution < -0.4 is 16.0 Å². The summed E-state index contributed by atoms with van der Waals surface area (Å²) < 4.78 is 11.8. The summed E-state index contributed by atoms with van der Waals surface area (Å²) in [6.45, 7) is 16.8. The first-order chi connectivity index (χ1) is 25.9. The van der Waals surface area contributed by atoms with Gasteiger partial charge in [-0.3, -0.25) is 24.1 Å². The highest BCUT2D eigenvalue weighted by atomic mass is 16.5. The monoisotopic (exact) mass is 774 g/mol. The maximum Gasteiger partial charge on any atom is 0.326 e. The zero-order valence-corrected chi connectivity index (χ0v) is 35.5. The molecule has 13 heteroatoms. The number of benzene rings is 1. The number of hydrogen-bond donors (Lipinski definition) is 4. The van der Waals surface area contributed by atoms with Crippen LogP contribution >= 0.6 is 0 Å². The molecule has 4 amide bonds. The van der Waals surface area contributed by atoms with Crippen molar-refractivity contribution in [2.45, 2.75) is 130 Å². The second kappa shape index (κ2) is 22.3. The molecule has 9 atom stereocenters. The molecule has 1 aliphatic rings. The van der Waals surface area contributed by atoms with Crippen LogP contribution in [0.4, 0.5) is 0 Å². The molecule has 1 aromatic carbocycles. The molecule has 55 heavy (non-hydrogen) atoms. The van der Waals surface area contributed by atoms with Crippen LogP contribution in [0.1, 0.15) is 93.1 Å². The topological polar surface area (TPSA) is 167 Å². The predicted molar refractivity (Wildman–Crippen MR) is 214 cm³/mol. The maximum atomic E-state index is 14.1. The van der Waals surface area contributed by atoms with Crippen LogP contribution in [0.5, 0.6) is 0 Å². The van der Waals surface area contributed by atoms with Gasteiger partial charge in [0.2, 0.25) is 23.6 Å². The van der Waals surface area contributed by atoms with E-state index in [-0.39, 0.29) is 66.2 Å². The van der Waals surface area contributed by atoms with Crippen molar-refractivity contribution < 1.29 is 38.6 Å². The Morgan fingerprint density at radius 3 is 2.07 bits per heavy atom. The molecule has 0 aliphatic heterocycles. The van der Waals surface area contributed by atoms with E-state index in [0.717, 1.165) is 12.0 Å². The van der Waals surface area contributed by atoms with Gasteiger partial charge in [0.25, 0.3) is 0 Å². The van der Waals surface area contributed by atoms with Crippen LogP contribution in [-0.4, -0.2) is 122 Å². The van der Waals surface area contributed by atoms with E-state index < -0.39 is 41.7 Å². The first-order valence-corrected chi connectivity index (χ1v) is 20.1. The van der Waals surface area contributed by atoms with Gasteiger partial charge in [0.05, 0.1) is 36.1 Å². The van der Waals surface area contributed by atoms with Crippen molar-refractivity contribution in [1.82, 2.24) is 25.8 Å². The van der Waals surface area contributed by atoms with Gasteiger partial charge in [-0.1, -0.05) is 92.1 Å². The fourth-order valence-corrected chi connectivity index (χ4v) is 7.94. The van der Waals surface area contributed by atoms with E-state index in [1.807, 2.05) is 90.7 Å². The first kappa shape index (κ1) is 47.6. The minimum Gasteiger partial charge on any atom is -0.480 e. The summed E-state index contributed by atoms with van der Waals surface area (Å²) >= 11 is 0. The van der Waals surface area contributed by atoms with Crippen molar-refractivity contribution in [3.05, 3.63) is 35.9 Å². The Bertz CT molecular complexity index is 1390. The number of amides is 4. The Morgan fingerprint density at radius 2 is 1.56 bits per heavy atom. The predicted octanol–water partition coefficient (Wildman–Crippen LogP) is 4.13. The third-order valence-corrected chi connectivity index (χ3v) is 11.7. The Labute approximate surface area is 330 Å². The number of carbonyl (C=O) groups excluding carboxylic acids is 4. The van der Waals surface area contributed by atoms with Crippen molar-refractivity contribution in [3.63, 3.8) is 0 Å². The SMILES string of the molecule is CC[C@H](C)[C@@H]([C@@H](CC(=O)NCCC[C@@H]1C[C@@]1(OC)[C@@H](C)C(=O)N[C@@H](Cc1ccccc1)C(=O)O)OC)N(C)C(=O)[C@@H](NC(=O)[C@H](C(C)C)N(C)CC)C(C)C. The molecule has 0 unspecified atom stereocenters. The number of nitrogens with zero attached hydrogens (tertiary/aromatic N) is 2. The number of likely N-dealkylation sites (N-methyl/N-ethyl adjacent to an activating group) is 2. The largest absolute Gasteiger partial charge is 0.480 e. The molecule has 2 rings (SSSR count). The molecule has 0 saturated heterocycles. The van der Waals surface area contributed by atoms with Crippen molar-refractivity contribution in [2.24, 2.45) is 29.6 Å². The molecule has 0 radical (unpaired) electrons. The smallest absolute Gasteiger partial charge is 0.326 e. The zero-order valence-electron chi connectivity index (χ0n) is 35.5. The fourth-order valence-electron chi connectivity index (χ4n) is 7.94. The Morgan fingerprint density at radius 1 is 0.927 bits per heavy atom. The van der Waals surface area contributed by atoms with Crippen LogP contribution in [-0.2, 0) is 39.9 Å². The molecule has 13 nitrogen and oxygen atoms in total. The third kappa shape index (κ3) is 13.0. The second-order valence-corrected chi connectivity index (χ2v) is 16.2. The molecule has 312 valence electrons. The van der Waals surface area contributed by atoms with Gasteiger partial charge >= 0.3 is 5.97 Å². The number of carboxylic acid groups (broad SMARTS) is 1. The molecule has 1 aliphatic carbocycles. The van der Waals surface area contributed by atoms with E-state index in [4.69, 9.17) is 9.47 Å². The van der Waals surface area contributed by atoms with Gasteiger partial charge < -0.3 is 35.4 Å². The summed E-state index contributed by atoms with van der Waals surface area (Å²) in [6.07, 6.45) is 2.44. The van der Waals surface area contributed by atoms with E-state index in [1.54, 1.807) is 33.1 Å². The number of ether oxygens (including phenoxy) is 2. The van der Waals surface area contributed by atoms with E-state index >= 15 is 0 Å². The minimum atomic E-state index is -1.09. The number of carboxylic acids is 1. The molecule has 1 fully saturated rings. The summed E-state index contributed by atoms with van der Waals surface area (Å²) in [7, 11) is 6.77. The van der Waals surface area contributed by atoms with Gasteiger partial charge in [0, 0.05) is 34.2 Å². The summed E-state index contributed by atoms with van der Waals surface area (Å²) in [5.41, 5.74) is 0.125. The Hall–Kier alpha value is -3.55. The van der Waals surface area contributed by atoms with Crippen LogP contribution in [0.3, 0.4) is 0 Å². The fraction of sp³-hybridized carbons (Fsp3) is 0.738. The summed E-state index contributed by atoms with van der Waals surface area (Å²) in [4.78, 5) is 69.7. The number of methoxy groups -OCH3 is 2. The summed E-state index contributed by atoms with van der Waals surface area (Å²) in [6, 6.07) is 6.59. The lowest BCUT2D eigenvalue weighted by atomic mass is 9.89. The zero-order chi connectivity index (χ0) is 41.6. The normalized spacial score (nSPS) is 20.5. The Balaban J connectivity index is 2.01. The minimum absolute atomic E-state index is 0.00481. The molecule has 1 aromatic rings. The van der Waals surface area contributed by atoms with Crippen LogP contribution in [0.15, 0.2) is 30.3 Å². The number of carbonyl (C=O) groups is 5. The van der Waals surface area contributed by atoms with E-state index in [9.17, 15) is 29.1 Å². The highest BCUT2D eigenvalue weighted by Gasteiger charge is 2.59. The number of aliphatic carboxylic acids is 1. The summed E-state index contributed by atoms with van der Waals surface area (Å²) in [5.74, 6) is -2.64. The molecular formula is C42H71N5O8. The standard InChI is InChI=1S/C42H71N5O8/c1-13-28(7)37(47(10)40(51)35(26(3)4)45-39(50)36(27(5)6)46(9)14-2)33(54-11)24-34(48)43-22-18-21-31-25-42(31,55-12)29(8)38(49)44-32(41(52)53)23-30-19-16-15-17-20-30/h15-17,19-20,26-29,31-33,35-37H,13-14,18,21-25H2,1-12H3,(H,43,48)(H,44,49)(H,45,50)(H,52,53)/t28-,29-,31+,32-,33+,35-,36-,37-,42+/m0/s1. The molecule has 0 aromatic heterocycles. The number of hydrogen-bond acceptors (Lipinski definition) is 8. The van der Waals surface area contributed by atoms with Crippen LogP contribution in [0, 0.1) is 29.6 Å². The van der Waals surface area contributed by atoms with Gasteiger partial charge in [0.1, 0.15) is 12.1 Å². The Kier molecular flexibility index (Phi) is 19.3. The molecular weight excluding hydrogens is 702 g/mol. The quantitative estimate of drug-likeness (QED) is 0.107. The average molecular weight is 774 g/mol. The van der Waals surface area contributed by atoms with Crippen LogP contribution in [0.25, 0.3) is 0 Å². The van der Waals surface area contributed by atoms with E-state index in [2.05, 4.69) is 16.0 Å². The molecule has 0 bridgehead atoms. The second-order valence-electron chi connectivity index (χ2n) is 16.2. The lowest BCUT2D eigenvalue weighted by Crippen LogP contribution is -2.59. The van der Waals surface area contributed by atoms with Gasteiger partial charge in [-0.05, 0) is 62.1 Å². The van der Waals surface area contributed by atoms with Crippen molar-refractivity contribution in [2.75, 3.05) is 41.4 Å². The van der Waals surface area contributed by atoms with Gasteiger partial charge in [-0.15, -0.1) is 0 Å². The maximum absolute atomic E-state index is 14.1. The molecule has 0 spiro atoms. The van der Waals surface area contributed by atoms with E-state index in [0.29, 0.717) is 32.4 Å². The molecule has 0 heterocycles. The van der Waals surface area contributed by atoms with E-state index in [1.165, 1.54) is 0 Å². The average Bonchev–Trinajstić information content (AvgIpc) is 3.88. The first-order valence-electron chi connectivity index (χ1n) is 20.1. The third-order valence-electron chi connectivity index (χ3n) is 11.7. The highest BCUT2D eigenvalue weighted by Crippen LogP contribution is 2.54. The molecule has 1 saturated carbocycles. The van der Waals surface area contributed by atoms with Gasteiger partial charge in [0.15, 0.2) is 0 Å². The van der Waals surface area contributed by atoms with Crippen molar-refractivity contribution in [3.8, 4) is 0 Å². The van der Waals surface area contributed by atoms with Gasteiger partial charge in [-0.2, -0.15) is 0 Å².